The van der Waals surface area contributed by atoms with Gasteiger partial charge in [0.15, 0.2) is 5.60 Å². The van der Waals surface area contributed by atoms with E-state index in [9.17, 15) is 27.5 Å². The molecule has 2 N–H and O–H groups in total. The summed E-state index contributed by atoms with van der Waals surface area (Å²) in [6.45, 7) is 5.70. The van der Waals surface area contributed by atoms with Crippen LogP contribution in [0.5, 0.6) is 5.75 Å². The van der Waals surface area contributed by atoms with Gasteiger partial charge in [-0.1, -0.05) is 62.4 Å². The second kappa shape index (κ2) is 13.5. The lowest BCUT2D eigenvalue weighted by molar-refractivity contribution is -0.140. The van der Waals surface area contributed by atoms with Crippen molar-refractivity contribution in [2.45, 2.75) is 50.0 Å². The van der Waals surface area contributed by atoms with Gasteiger partial charge in [-0.2, -0.15) is 4.31 Å². The number of sulfonamides is 1. The Hall–Kier alpha value is -4.00. The van der Waals surface area contributed by atoms with Crippen LogP contribution < -0.4 is 10.1 Å². The number of carboxylic acid groups (broad SMARTS) is 1. The van der Waals surface area contributed by atoms with E-state index in [-0.39, 0.29) is 36.1 Å². The highest BCUT2D eigenvalue weighted by atomic mass is 32.2. The molecule has 1 saturated heterocycles. The Morgan fingerprint density at radius 1 is 1.00 bits per heavy atom. The molecule has 2 atom stereocenters. The fourth-order valence-electron chi connectivity index (χ4n) is 4.60. The van der Waals surface area contributed by atoms with Crippen LogP contribution in [0, 0.1) is 11.7 Å². The molecule has 12 heteroatoms. The van der Waals surface area contributed by atoms with Crippen LogP contribution in [-0.4, -0.2) is 61.9 Å². The maximum Gasteiger partial charge on any atom is 0.410 e. The molecule has 1 aliphatic heterocycles. The van der Waals surface area contributed by atoms with Gasteiger partial charge in [0, 0.05) is 12.5 Å². The third kappa shape index (κ3) is 8.09. The Bertz CT molecular complexity index is 1530. The first-order valence-electron chi connectivity index (χ1n) is 13.8. The van der Waals surface area contributed by atoms with Gasteiger partial charge >= 0.3 is 12.1 Å². The van der Waals surface area contributed by atoms with E-state index in [0.717, 1.165) is 5.56 Å². The first-order chi connectivity index (χ1) is 20.4. The first kappa shape index (κ1) is 31.9. The molecule has 230 valence electrons. The van der Waals surface area contributed by atoms with Crippen LogP contribution in [0.15, 0.2) is 83.8 Å². The summed E-state index contributed by atoms with van der Waals surface area (Å²) >= 11 is 0. The number of rotatable bonds is 13. The largest absolute Gasteiger partial charge is 0.480 e. The molecule has 0 aliphatic carbocycles. The predicted octanol–water partition coefficient (Wildman–Crippen LogP) is 4.55. The third-order valence-electron chi connectivity index (χ3n) is 6.78. The summed E-state index contributed by atoms with van der Waals surface area (Å²) in [5, 5.41) is 12.0. The standard InChI is InChI=1S/C31H35FN2O8S/c1-21(2)18-40-22(3)41-30(37)33-28(29(35)36)16-23-9-7-14-27(15-23)43(38,39)34-19-31(20-34,24-10-5-4-6-11-24)42-26-13-8-12-25(32)17-26/h4-15,17,21-22,28H,16,18-20H2,1-3H3,(H,33,37)(H,35,36). The Kier molecular flexibility index (Phi) is 10.0. The van der Waals surface area contributed by atoms with Gasteiger partial charge in [-0.05, 0) is 48.2 Å². The maximum absolute atomic E-state index is 13.9. The molecule has 3 aromatic carbocycles. The molecule has 2 unspecified atom stereocenters. The van der Waals surface area contributed by atoms with Crippen molar-refractivity contribution in [1.29, 1.82) is 0 Å². The number of carboxylic acids is 1. The quantitative estimate of drug-likeness (QED) is 0.268. The topological polar surface area (TPSA) is 131 Å². The average molecular weight is 615 g/mol. The summed E-state index contributed by atoms with van der Waals surface area (Å²) in [4.78, 5) is 24.1. The van der Waals surface area contributed by atoms with Crippen LogP contribution in [0.3, 0.4) is 0 Å². The molecular weight excluding hydrogens is 579 g/mol. The minimum atomic E-state index is -4.01. The number of carbonyl (C=O) groups is 2. The SMILES string of the molecule is CC(C)COC(C)OC(=O)NC(Cc1cccc(S(=O)(=O)N2CC(Oc3cccc(F)c3)(c3ccccc3)C2)c1)C(=O)O. The fraction of sp³-hybridized carbons (Fsp3) is 0.355. The molecule has 1 fully saturated rings. The van der Waals surface area contributed by atoms with Crippen LogP contribution in [0.1, 0.15) is 31.9 Å². The van der Waals surface area contributed by atoms with E-state index in [4.69, 9.17) is 14.2 Å². The Balaban J connectivity index is 1.47. The molecule has 43 heavy (non-hydrogen) atoms. The number of halogens is 1. The van der Waals surface area contributed by atoms with Gasteiger partial charge in [-0.15, -0.1) is 0 Å². The highest BCUT2D eigenvalue weighted by molar-refractivity contribution is 7.89. The normalized spacial score (nSPS) is 16.1. The Morgan fingerprint density at radius 2 is 1.70 bits per heavy atom. The number of hydrogen-bond donors (Lipinski definition) is 2. The van der Waals surface area contributed by atoms with E-state index < -0.39 is 45.8 Å². The molecule has 1 amide bonds. The number of aliphatic carboxylic acids is 1. The molecular formula is C31H35FN2O8S. The monoisotopic (exact) mass is 614 g/mol. The average Bonchev–Trinajstić information content (AvgIpc) is 2.93. The van der Waals surface area contributed by atoms with Crippen LogP contribution in [0.25, 0.3) is 0 Å². The zero-order chi connectivity index (χ0) is 31.2. The lowest BCUT2D eigenvalue weighted by atomic mass is 9.87. The Labute approximate surface area is 250 Å². The molecule has 1 aliphatic rings. The number of carbonyl (C=O) groups excluding carboxylic acids is 1. The van der Waals surface area contributed by atoms with Gasteiger partial charge in [0.1, 0.15) is 17.6 Å². The van der Waals surface area contributed by atoms with Crippen LogP contribution in [0.4, 0.5) is 9.18 Å². The molecule has 0 saturated carbocycles. The molecule has 0 spiro atoms. The maximum atomic E-state index is 13.9. The number of nitrogens with zero attached hydrogens (tertiary/aromatic N) is 1. The van der Waals surface area contributed by atoms with Gasteiger partial charge < -0.3 is 24.6 Å². The van der Waals surface area contributed by atoms with E-state index >= 15 is 0 Å². The van der Waals surface area contributed by atoms with Crippen molar-refractivity contribution >= 4 is 22.1 Å². The number of hydrogen-bond acceptors (Lipinski definition) is 7. The van der Waals surface area contributed by atoms with Gasteiger partial charge in [0.25, 0.3) is 0 Å². The molecule has 0 aromatic heterocycles. The number of alkyl carbamates (subject to hydrolysis) is 1. The van der Waals surface area contributed by atoms with Crippen molar-refractivity contribution in [3.8, 4) is 5.75 Å². The number of nitrogens with one attached hydrogen (secondary N) is 1. The van der Waals surface area contributed by atoms with E-state index in [1.54, 1.807) is 12.1 Å². The van der Waals surface area contributed by atoms with Crippen molar-refractivity contribution < 1.29 is 41.7 Å². The van der Waals surface area contributed by atoms with Gasteiger partial charge in [0.05, 0.1) is 24.6 Å². The fourth-order valence-corrected chi connectivity index (χ4v) is 6.21. The summed E-state index contributed by atoms with van der Waals surface area (Å²) in [6.07, 6.45) is -2.04. The van der Waals surface area contributed by atoms with Crippen LogP contribution in [0.2, 0.25) is 0 Å². The van der Waals surface area contributed by atoms with Gasteiger partial charge in [-0.25, -0.2) is 22.4 Å². The zero-order valence-electron chi connectivity index (χ0n) is 24.1. The third-order valence-corrected chi connectivity index (χ3v) is 8.56. The summed E-state index contributed by atoms with van der Waals surface area (Å²) in [7, 11) is -4.01. The molecule has 0 bridgehead atoms. The van der Waals surface area contributed by atoms with Crippen molar-refractivity contribution in [3.63, 3.8) is 0 Å². The van der Waals surface area contributed by atoms with Gasteiger partial charge in [0.2, 0.25) is 16.3 Å². The van der Waals surface area contributed by atoms with E-state index in [1.165, 1.54) is 47.6 Å². The van der Waals surface area contributed by atoms with Crippen molar-refractivity contribution in [1.82, 2.24) is 9.62 Å². The highest BCUT2D eigenvalue weighted by Gasteiger charge is 2.52. The number of benzene rings is 3. The lowest BCUT2D eigenvalue weighted by Crippen LogP contribution is -2.64. The summed E-state index contributed by atoms with van der Waals surface area (Å²) in [5.41, 5.74) is 0.0865. The van der Waals surface area contributed by atoms with Crippen LogP contribution >= 0.6 is 0 Å². The summed E-state index contributed by atoms with van der Waals surface area (Å²) < 4.78 is 59.0. The molecule has 4 rings (SSSR count). The number of ether oxygens (including phenoxy) is 3. The van der Waals surface area contributed by atoms with Gasteiger partial charge in [-0.3, -0.25) is 0 Å². The second-order valence-corrected chi connectivity index (χ2v) is 12.7. The molecule has 10 nitrogen and oxygen atoms in total. The smallest absolute Gasteiger partial charge is 0.410 e. The minimum absolute atomic E-state index is 0.0255. The molecule has 0 radical (unpaired) electrons. The number of amides is 1. The van der Waals surface area contributed by atoms with Crippen molar-refractivity contribution in [3.05, 3.63) is 95.8 Å². The van der Waals surface area contributed by atoms with Crippen molar-refractivity contribution in [2.24, 2.45) is 5.92 Å². The van der Waals surface area contributed by atoms with Crippen molar-refractivity contribution in [2.75, 3.05) is 19.7 Å². The lowest BCUT2D eigenvalue weighted by Gasteiger charge is -2.48. The predicted molar refractivity (Wildman–Crippen MR) is 155 cm³/mol. The van der Waals surface area contributed by atoms with E-state index in [2.05, 4.69) is 5.32 Å². The molecule has 1 heterocycles. The summed E-state index contributed by atoms with van der Waals surface area (Å²) in [6, 6.07) is 19.3. The zero-order valence-corrected chi connectivity index (χ0v) is 24.9. The van der Waals surface area contributed by atoms with Crippen LogP contribution in [-0.2, 0) is 36.3 Å². The summed E-state index contributed by atoms with van der Waals surface area (Å²) in [5.74, 6) is -1.30. The van der Waals surface area contributed by atoms with E-state index in [1.807, 2.05) is 44.2 Å². The minimum Gasteiger partial charge on any atom is -0.480 e. The second-order valence-electron chi connectivity index (χ2n) is 10.8. The molecule has 3 aromatic rings. The Morgan fingerprint density at radius 3 is 2.35 bits per heavy atom. The van der Waals surface area contributed by atoms with E-state index in [0.29, 0.717) is 12.2 Å². The first-order valence-corrected chi connectivity index (χ1v) is 15.2. The highest BCUT2D eigenvalue weighted by Crippen LogP contribution is 2.40.